The second-order valence-corrected chi connectivity index (χ2v) is 10.6. The van der Waals surface area contributed by atoms with E-state index >= 15 is 0 Å². The first-order chi connectivity index (χ1) is 16.5. The van der Waals surface area contributed by atoms with E-state index in [1.54, 1.807) is 24.3 Å². The van der Waals surface area contributed by atoms with Crippen molar-refractivity contribution in [2.45, 2.75) is 42.7 Å². The summed E-state index contributed by atoms with van der Waals surface area (Å²) in [5.41, 5.74) is 2.79. The highest BCUT2D eigenvalue weighted by atomic mass is 32.2. The maximum atomic E-state index is 12.8. The summed E-state index contributed by atoms with van der Waals surface area (Å²) in [7, 11) is -3.52. The Morgan fingerprint density at radius 1 is 1.09 bits per heavy atom. The predicted molar refractivity (Wildman–Crippen MR) is 128 cm³/mol. The van der Waals surface area contributed by atoms with Crippen molar-refractivity contribution in [1.82, 2.24) is 14.9 Å². The van der Waals surface area contributed by atoms with Crippen molar-refractivity contribution >= 4 is 15.9 Å². The number of nitrogens with zero attached hydrogens (tertiary/aromatic N) is 2. The molecule has 2 heterocycles. The minimum Gasteiger partial charge on any atom is -0.379 e. The Bertz CT molecular complexity index is 1120. The molecule has 8 nitrogen and oxygen atoms in total. The van der Waals surface area contributed by atoms with Gasteiger partial charge in [-0.15, -0.1) is 0 Å². The van der Waals surface area contributed by atoms with Crippen molar-refractivity contribution in [3.8, 4) is 17.2 Å². The van der Waals surface area contributed by atoms with Crippen LogP contribution in [0, 0.1) is 11.3 Å². The van der Waals surface area contributed by atoms with Gasteiger partial charge in [-0.1, -0.05) is 42.8 Å². The average molecular weight is 483 g/mol. The van der Waals surface area contributed by atoms with Crippen LogP contribution in [-0.2, 0) is 26.0 Å². The molecule has 0 aromatic heterocycles. The molecule has 0 bridgehead atoms. The number of hydrogen-bond donors (Lipinski definition) is 2. The zero-order valence-corrected chi connectivity index (χ0v) is 19.9. The Morgan fingerprint density at radius 2 is 1.74 bits per heavy atom. The number of piperidine rings is 1. The second-order valence-electron chi connectivity index (χ2n) is 8.63. The molecule has 1 amide bonds. The molecule has 2 atom stereocenters. The molecule has 9 heteroatoms. The maximum Gasteiger partial charge on any atom is 0.243 e. The summed E-state index contributed by atoms with van der Waals surface area (Å²) < 4.78 is 32.3. The van der Waals surface area contributed by atoms with Crippen LogP contribution < -0.4 is 10.6 Å². The first-order valence-corrected chi connectivity index (χ1v) is 13.1. The third-order valence-corrected chi connectivity index (χ3v) is 8.20. The van der Waals surface area contributed by atoms with Gasteiger partial charge in [0.2, 0.25) is 15.9 Å². The van der Waals surface area contributed by atoms with Crippen molar-refractivity contribution < 1.29 is 17.9 Å². The van der Waals surface area contributed by atoms with Crippen LogP contribution in [0.1, 0.15) is 24.8 Å². The van der Waals surface area contributed by atoms with Crippen molar-refractivity contribution in [3.05, 3.63) is 54.1 Å². The highest BCUT2D eigenvalue weighted by molar-refractivity contribution is 7.89. The number of nitrogens with one attached hydrogen (secondary N) is 2. The quantitative estimate of drug-likeness (QED) is 0.625. The Kier molecular flexibility index (Phi) is 7.95. The van der Waals surface area contributed by atoms with Gasteiger partial charge < -0.3 is 15.4 Å². The number of hydrogen-bond acceptors (Lipinski definition) is 6. The lowest BCUT2D eigenvalue weighted by atomic mass is 10.00. The fourth-order valence-electron chi connectivity index (χ4n) is 4.30. The van der Waals surface area contributed by atoms with Gasteiger partial charge in [0.15, 0.2) is 0 Å². The predicted octanol–water partition coefficient (Wildman–Crippen LogP) is 2.07. The summed E-state index contributed by atoms with van der Waals surface area (Å²) in [6.45, 7) is 2.39. The molecule has 2 saturated heterocycles. The van der Waals surface area contributed by atoms with E-state index in [1.165, 1.54) is 4.31 Å². The van der Waals surface area contributed by atoms with Crippen molar-refractivity contribution in [1.29, 1.82) is 5.26 Å². The van der Waals surface area contributed by atoms with E-state index in [-0.39, 0.29) is 16.8 Å². The van der Waals surface area contributed by atoms with Crippen LogP contribution in [0.4, 0.5) is 0 Å². The molecule has 2 aromatic rings. The molecule has 2 aliphatic heterocycles. The summed E-state index contributed by atoms with van der Waals surface area (Å²) in [5.74, 6) is -0.116. The van der Waals surface area contributed by atoms with Crippen molar-refractivity contribution in [3.63, 3.8) is 0 Å². The lowest BCUT2D eigenvalue weighted by molar-refractivity contribution is -0.124. The van der Waals surface area contributed by atoms with Crippen molar-refractivity contribution in [2.75, 3.05) is 32.8 Å². The van der Waals surface area contributed by atoms with Crippen LogP contribution in [0.3, 0.4) is 0 Å². The van der Waals surface area contributed by atoms with E-state index in [0.29, 0.717) is 32.7 Å². The van der Waals surface area contributed by atoms with Gasteiger partial charge in [0.05, 0.1) is 30.2 Å². The molecule has 0 spiro atoms. The lowest BCUT2D eigenvalue weighted by Gasteiger charge is -2.26. The van der Waals surface area contributed by atoms with Gasteiger partial charge in [0.1, 0.15) is 6.04 Å². The summed E-state index contributed by atoms with van der Waals surface area (Å²) in [4.78, 5) is 12.7. The molecular weight excluding hydrogens is 452 g/mol. The van der Waals surface area contributed by atoms with Gasteiger partial charge in [-0.2, -0.15) is 9.57 Å². The molecule has 2 aliphatic rings. The number of amides is 1. The van der Waals surface area contributed by atoms with Gasteiger partial charge in [-0.3, -0.25) is 4.79 Å². The molecule has 2 N–H and O–H groups in total. The number of ether oxygens (including phenoxy) is 1. The fraction of sp³-hybridized carbons (Fsp3) is 0.440. The van der Waals surface area contributed by atoms with Gasteiger partial charge in [0, 0.05) is 19.5 Å². The summed E-state index contributed by atoms with van der Waals surface area (Å²) in [6.07, 6.45) is 3.31. The summed E-state index contributed by atoms with van der Waals surface area (Å²) >= 11 is 0. The van der Waals surface area contributed by atoms with Crippen LogP contribution in [0.15, 0.2) is 53.4 Å². The van der Waals surface area contributed by atoms with E-state index < -0.39 is 16.1 Å². The van der Waals surface area contributed by atoms with E-state index in [1.807, 2.05) is 24.3 Å². The van der Waals surface area contributed by atoms with E-state index in [0.717, 1.165) is 42.5 Å². The molecule has 2 aromatic carbocycles. The number of sulfonamides is 1. The molecule has 0 aliphatic carbocycles. The monoisotopic (exact) mass is 482 g/mol. The van der Waals surface area contributed by atoms with Crippen LogP contribution in [0.2, 0.25) is 0 Å². The molecule has 34 heavy (non-hydrogen) atoms. The van der Waals surface area contributed by atoms with E-state index in [9.17, 15) is 18.5 Å². The molecular formula is C25H30N4O4S. The number of rotatable bonds is 7. The number of morpholine rings is 1. The van der Waals surface area contributed by atoms with Crippen LogP contribution in [0.25, 0.3) is 11.1 Å². The lowest BCUT2D eigenvalue weighted by Crippen LogP contribution is -2.49. The SMILES string of the molecule is N#C[C@H](Cc1ccc(-c2ccc(S(=O)(=O)N3CCOCC3)cc2)cc1)NC(=O)[C@@H]1CCCCN1. The molecule has 180 valence electrons. The zero-order valence-electron chi connectivity index (χ0n) is 19.1. The van der Waals surface area contributed by atoms with Crippen molar-refractivity contribution in [2.24, 2.45) is 0 Å². The van der Waals surface area contributed by atoms with Crippen LogP contribution in [-0.4, -0.2) is 63.6 Å². The smallest absolute Gasteiger partial charge is 0.243 e. The number of carbonyl (C=O) groups excluding carboxylic acids is 1. The van der Waals surface area contributed by atoms with E-state index in [4.69, 9.17) is 4.74 Å². The van der Waals surface area contributed by atoms with E-state index in [2.05, 4.69) is 16.7 Å². The first kappa shape index (κ1) is 24.4. The normalized spacial score (nSPS) is 20.3. The average Bonchev–Trinajstić information content (AvgIpc) is 2.89. The Labute approximate surface area is 201 Å². The highest BCUT2D eigenvalue weighted by Crippen LogP contribution is 2.24. The third-order valence-electron chi connectivity index (χ3n) is 6.29. The Balaban J connectivity index is 1.38. The molecule has 0 radical (unpaired) electrons. The third kappa shape index (κ3) is 5.83. The molecule has 0 unspecified atom stereocenters. The summed E-state index contributed by atoms with van der Waals surface area (Å²) in [5, 5.41) is 15.6. The van der Waals surface area contributed by atoms with Gasteiger partial charge >= 0.3 is 0 Å². The molecule has 4 rings (SSSR count). The Morgan fingerprint density at radius 3 is 2.32 bits per heavy atom. The minimum absolute atomic E-state index is 0.116. The second kappa shape index (κ2) is 11.1. The summed E-state index contributed by atoms with van der Waals surface area (Å²) in [6, 6.07) is 16.0. The fourth-order valence-corrected chi connectivity index (χ4v) is 5.71. The number of carbonyl (C=O) groups is 1. The minimum atomic E-state index is -3.52. The van der Waals surface area contributed by atoms with Gasteiger partial charge in [0.25, 0.3) is 0 Å². The van der Waals surface area contributed by atoms with Crippen LogP contribution in [0.5, 0.6) is 0 Å². The first-order valence-electron chi connectivity index (χ1n) is 11.7. The highest BCUT2D eigenvalue weighted by Gasteiger charge is 2.26. The molecule has 0 saturated carbocycles. The molecule has 2 fully saturated rings. The standard InChI is InChI=1S/C25H30N4O4S/c26-18-22(28-25(30)24-3-1-2-12-27-24)17-19-4-6-20(7-5-19)21-8-10-23(11-9-21)34(31,32)29-13-15-33-16-14-29/h4-11,22,24,27H,1-3,12-17H2,(H,28,30)/t22-,24-/m0/s1. The van der Waals surface area contributed by atoms with Gasteiger partial charge in [-0.05, 0) is 48.2 Å². The number of benzene rings is 2. The topological polar surface area (TPSA) is 112 Å². The van der Waals surface area contributed by atoms with Crippen LogP contribution >= 0.6 is 0 Å². The van der Waals surface area contributed by atoms with Gasteiger partial charge in [-0.25, -0.2) is 8.42 Å². The zero-order chi connectivity index (χ0) is 24.0. The largest absolute Gasteiger partial charge is 0.379 e. The maximum absolute atomic E-state index is 12.8. The number of nitriles is 1. The Hall–Kier alpha value is -2.77.